The van der Waals surface area contributed by atoms with Crippen molar-refractivity contribution in [3.8, 4) is 0 Å². The minimum atomic E-state index is 0.00198. The summed E-state index contributed by atoms with van der Waals surface area (Å²) in [6, 6.07) is 9.49. The van der Waals surface area contributed by atoms with E-state index in [4.69, 9.17) is 4.98 Å². The Morgan fingerprint density at radius 1 is 0.931 bits per heavy atom. The quantitative estimate of drug-likeness (QED) is 0.798. The Kier molecular flexibility index (Phi) is 5.41. The fourth-order valence-electron chi connectivity index (χ4n) is 4.20. The van der Waals surface area contributed by atoms with Crippen molar-refractivity contribution in [2.75, 3.05) is 39.8 Å². The molecule has 29 heavy (non-hydrogen) atoms. The van der Waals surface area contributed by atoms with Crippen molar-refractivity contribution in [2.45, 2.75) is 32.9 Å². The van der Waals surface area contributed by atoms with Crippen LogP contribution in [-0.2, 0) is 13.0 Å². The first kappa shape index (κ1) is 19.6. The Morgan fingerprint density at radius 2 is 1.62 bits per heavy atom. The maximum absolute atomic E-state index is 13.2. The molecule has 1 aromatic heterocycles. The molecule has 1 aromatic carbocycles. The molecule has 2 amide bonds. The van der Waals surface area contributed by atoms with E-state index in [1.54, 1.807) is 0 Å². The summed E-state index contributed by atoms with van der Waals surface area (Å²) >= 11 is 0. The molecule has 154 valence electrons. The Bertz CT molecular complexity index is 897. The number of rotatable bonds is 3. The van der Waals surface area contributed by atoms with Gasteiger partial charge in [-0.2, -0.15) is 0 Å². The van der Waals surface area contributed by atoms with Crippen LogP contribution in [0, 0.1) is 0 Å². The Labute approximate surface area is 171 Å². The number of likely N-dealkylation sites (N-methyl/N-ethyl adjacent to an activating group) is 1. The van der Waals surface area contributed by atoms with Gasteiger partial charge in [-0.1, -0.05) is 18.2 Å². The molecule has 0 saturated carbocycles. The maximum atomic E-state index is 13.2. The van der Waals surface area contributed by atoms with Gasteiger partial charge in [-0.3, -0.25) is 9.59 Å². The average Bonchev–Trinajstić information content (AvgIpc) is 3.13. The van der Waals surface area contributed by atoms with E-state index < -0.39 is 0 Å². The first-order chi connectivity index (χ1) is 14.0. The third-order valence-electron chi connectivity index (χ3n) is 5.86. The number of benzene rings is 1. The van der Waals surface area contributed by atoms with Gasteiger partial charge in [0.15, 0.2) is 5.82 Å². The van der Waals surface area contributed by atoms with Crippen LogP contribution in [0.15, 0.2) is 30.3 Å². The van der Waals surface area contributed by atoms with Crippen molar-refractivity contribution in [3.63, 3.8) is 0 Å². The molecular weight excluding hydrogens is 366 g/mol. The standard InChI is InChI=1S/C22H29N5O2/c1-16(2)27-19-9-10-26(21(28)17-7-5-4-6-8-17)15-18(19)23-20(27)22(29)25-13-11-24(3)12-14-25/h4-8,16H,9-15H2,1-3H3. The molecule has 0 spiro atoms. The van der Waals surface area contributed by atoms with Gasteiger partial charge in [0.25, 0.3) is 11.8 Å². The normalized spacial score (nSPS) is 17.5. The van der Waals surface area contributed by atoms with Gasteiger partial charge in [-0.25, -0.2) is 4.98 Å². The summed E-state index contributed by atoms with van der Waals surface area (Å²) in [6.45, 7) is 8.48. The summed E-state index contributed by atoms with van der Waals surface area (Å²) in [6.07, 6.45) is 0.717. The molecular formula is C22H29N5O2. The van der Waals surface area contributed by atoms with E-state index in [1.807, 2.05) is 40.1 Å². The van der Waals surface area contributed by atoms with Gasteiger partial charge >= 0.3 is 0 Å². The smallest absolute Gasteiger partial charge is 0.289 e. The van der Waals surface area contributed by atoms with Crippen molar-refractivity contribution in [1.82, 2.24) is 24.3 Å². The number of carbonyl (C=O) groups excluding carboxylic acids is 2. The van der Waals surface area contributed by atoms with Crippen LogP contribution in [0.1, 0.15) is 52.3 Å². The number of piperazine rings is 1. The lowest BCUT2D eigenvalue weighted by Crippen LogP contribution is -2.47. The van der Waals surface area contributed by atoms with E-state index in [2.05, 4.69) is 30.4 Å². The zero-order chi connectivity index (χ0) is 20.5. The minimum absolute atomic E-state index is 0.00198. The molecule has 4 rings (SSSR count). The van der Waals surface area contributed by atoms with Crippen molar-refractivity contribution >= 4 is 11.8 Å². The first-order valence-electron chi connectivity index (χ1n) is 10.4. The van der Waals surface area contributed by atoms with Crippen LogP contribution in [0.4, 0.5) is 0 Å². The number of nitrogens with zero attached hydrogens (tertiary/aromatic N) is 5. The molecule has 3 heterocycles. The highest BCUT2D eigenvalue weighted by Crippen LogP contribution is 2.26. The second-order valence-electron chi connectivity index (χ2n) is 8.23. The lowest BCUT2D eigenvalue weighted by atomic mass is 10.1. The Hall–Kier alpha value is -2.67. The van der Waals surface area contributed by atoms with Gasteiger partial charge in [-0.15, -0.1) is 0 Å². The summed E-state index contributed by atoms with van der Waals surface area (Å²) < 4.78 is 2.08. The lowest BCUT2D eigenvalue weighted by molar-refractivity contribution is 0.0644. The van der Waals surface area contributed by atoms with Crippen molar-refractivity contribution in [1.29, 1.82) is 0 Å². The number of hydrogen-bond acceptors (Lipinski definition) is 4. The Morgan fingerprint density at radius 3 is 2.28 bits per heavy atom. The third-order valence-corrected chi connectivity index (χ3v) is 5.86. The molecule has 2 aliphatic heterocycles. The van der Waals surface area contributed by atoms with Crippen molar-refractivity contribution < 1.29 is 9.59 Å². The molecule has 0 radical (unpaired) electrons. The first-order valence-corrected chi connectivity index (χ1v) is 10.4. The van der Waals surface area contributed by atoms with E-state index in [0.29, 0.717) is 24.5 Å². The SMILES string of the molecule is CC(C)n1c(C(=O)N2CCN(C)CC2)nc2c1CCN(C(=O)c1ccccc1)C2. The van der Waals surface area contributed by atoms with Crippen molar-refractivity contribution in [3.05, 3.63) is 53.1 Å². The molecule has 0 aliphatic carbocycles. The molecule has 7 nitrogen and oxygen atoms in total. The van der Waals surface area contributed by atoms with Crippen LogP contribution in [0.3, 0.4) is 0 Å². The number of hydrogen-bond donors (Lipinski definition) is 0. The van der Waals surface area contributed by atoms with Crippen LogP contribution in [0.5, 0.6) is 0 Å². The van der Waals surface area contributed by atoms with Crippen molar-refractivity contribution in [2.24, 2.45) is 0 Å². The van der Waals surface area contributed by atoms with Crippen LogP contribution in [-0.4, -0.2) is 75.8 Å². The fourth-order valence-corrected chi connectivity index (χ4v) is 4.20. The Balaban J connectivity index is 1.60. The summed E-state index contributed by atoms with van der Waals surface area (Å²) in [5.74, 6) is 0.535. The van der Waals surface area contributed by atoms with E-state index in [1.165, 1.54) is 0 Å². The van der Waals surface area contributed by atoms with Gasteiger partial charge in [0.1, 0.15) is 0 Å². The molecule has 0 atom stereocenters. The number of carbonyl (C=O) groups is 2. The zero-order valence-corrected chi connectivity index (χ0v) is 17.5. The molecule has 2 aromatic rings. The predicted molar refractivity (Wildman–Crippen MR) is 111 cm³/mol. The van der Waals surface area contributed by atoms with E-state index in [9.17, 15) is 9.59 Å². The monoisotopic (exact) mass is 395 g/mol. The molecule has 1 fully saturated rings. The summed E-state index contributed by atoms with van der Waals surface area (Å²) in [5, 5.41) is 0. The third kappa shape index (κ3) is 3.79. The highest BCUT2D eigenvalue weighted by Gasteiger charge is 2.32. The van der Waals surface area contributed by atoms with E-state index >= 15 is 0 Å². The second-order valence-corrected chi connectivity index (χ2v) is 8.23. The molecule has 2 aliphatic rings. The number of amides is 2. The average molecular weight is 396 g/mol. The lowest BCUT2D eigenvalue weighted by Gasteiger charge is -2.32. The van der Waals surface area contributed by atoms with Gasteiger partial charge in [0.05, 0.1) is 12.2 Å². The fraction of sp³-hybridized carbons (Fsp3) is 0.500. The predicted octanol–water partition coefficient (Wildman–Crippen LogP) is 2.05. The maximum Gasteiger partial charge on any atom is 0.289 e. The number of aromatic nitrogens is 2. The molecule has 0 bridgehead atoms. The molecule has 0 unspecified atom stereocenters. The zero-order valence-electron chi connectivity index (χ0n) is 17.5. The molecule has 1 saturated heterocycles. The minimum Gasteiger partial charge on any atom is -0.333 e. The van der Waals surface area contributed by atoms with Gasteiger partial charge in [0.2, 0.25) is 0 Å². The highest BCUT2D eigenvalue weighted by molar-refractivity contribution is 5.94. The summed E-state index contributed by atoms with van der Waals surface area (Å²) in [4.78, 5) is 36.8. The summed E-state index contributed by atoms with van der Waals surface area (Å²) in [7, 11) is 2.08. The second kappa shape index (κ2) is 7.99. The highest BCUT2D eigenvalue weighted by atomic mass is 16.2. The largest absolute Gasteiger partial charge is 0.333 e. The molecule has 7 heteroatoms. The molecule has 0 N–H and O–H groups in total. The number of imidazole rings is 1. The van der Waals surface area contributed by atoms with Crippen LogP contribution >= 0.6 is 0 Å². The summed E-state index contributed by atoms with van der Waals surface area (Å²) in [5.41, 5.74) is 2.63. The van der Waals surface area contributed by atoms with Crippen LogP contribution < -0.4 is 0 Å². The topological polar surface area (TPSA) is 61.7 Å². The van der Waals surface area contributed by atoms with E-state index in [-0.39, 0.29) is 17.9 Å². The van der Waals surface area contributed by atoms with Crippen LogP contribution in [0.25, 0.3) is 0 Å². The van der Waals surface area contributed by atoms with Crippen LogP contribution in [0.2, 0.25) is 0 Å². The van der Waals surface area contributed by atoms with E-state index in [0.717, 1.165) is 44.0 Å². The van der Waals surface area contributed by atoms with Gasteiger partial charge in [-0.05, 0) is 33.0 Å². The number of fused-ring (bicyclic) bond motifs is 1. The van der Waals surface area contributed by atoms with Gasteiger partial charge < -0.3 is 19.3 Å². The van der Waals surface area contributed by atoms with Gasteiger partial charge in [0, 0.05) is 56.4 Å².